The smallest absolute Gasteiger partial charge is 0.338 e. The molecule has 0 radical (unpaired) electrons. The average molecular weight is 371 g/mol. The highest BCUT2D eigenvalue weighted by atomic mass is 16.5. The van der Waals surface area contributed by atoms with Crippen LogP contribution in [0.25, 0.3) is 0 Å². The fourth-order valence-corrected chi connectivity index (χ4v) is 1.71. The highest BCUT2D eigenvalue weighted by Crippen LogP contribution is 2.12. The van der Waals surface area contributed by atoms with Gasteiger partial charge in [0, 0.05) is 11.9 Å². The summed E-state index contributed by atoms with van der Waals surface area (Å²) in [7, 11) is 0. The summed E-state index contributed by atoms with van der Waals surface area (Å²) in [5.74, 6) is -0.553. The van der Waals surface area contributed by atoms with Crippen LogP contribution in [0.3, 0.4) is 0 Å². The first-order chi connectivity index (χ1) is 13.0. The van der Waals surface area contributed by atoms with Crippen LogP contribution in [0, 0.1) is 6.92 Å². The second kappa shape index (κ2) is 12.3. The first-order valence-electron chi connectivity index (χ1n) is 8.36. The monoisotopic (exact) mass is 371 g/mol. The van der Waals surface area contributed by atoms with Crippen molar-refractivity contribution in [1.82, 2.24) is 0 Å². The molecule has 7 nitrogen and oxygen atoms in total. The Bertz CT molecular complexity index is 741. The molecule has 27 heavy (non-hydrogen) atoms. The van der Waals surface area contributed by atoms with Gasteiger partial charge in [0.25, 0.3) is 0 Å². The molecule has 0 aliphatic carbocycles. The predicted octanol–water partition coefficient (Wildman–Crippen LogP) is 3.39. The summed E-state index contributed by atoms with van der Waals surface area (Å²) in [5.41, 5.74) is 8.48. The zero-order valence-electron chi connectivity index (χ0n) is 15.4. The van der Waals surface area contributed by atoms with Gasteiger partial charge in [-0.25, -0.2) is 4.79 Å². The molecule has 2 aromatic carbocycles. The lowest BCUT2D eigenvalue weighted by molar-refractivity contribution is 0.00933. The number of benzene rings is 2. The molecule has 2 rings (SSSR count). The van der Waals surface area contributed by atoms with E-state index in [9.17, 15) is 4.79 Å². The lowest BCUT2D eigenvalue weighted by Crippen LogP contribution is -2.21. The molecular formula is C20H25N3O4. The van der Waals surface area contributed by atoms with Crippen LogP contribution in [0.5, 0.6) is 0 Å². The first kappa shape index (κ1) is 22.0. The third kappa shape index (κ3) is 9.29. The molecule has 0 fully saturated rings. The van der Waals surface area contributed by atoms with Gasteiger partial charge >= 0.3 is 5.97 Å². The summed E-state index contributed by atoms with van der Waals surface area (Å²) in [5, 5.41) is 25.3. The zero-order chi connectivity index (χ0) is 20.1. The molecule has 0 amide bonds. The number of hydrogen-bond donors (Lipinski definition) is 3. The molecular weight excluding hydrogens is 346 g/mol. The molecule has 0 aliphatic rings. The second-order valence-corrected chi connectivity index (χ2v) is 5.59. The molecule has 2 aromatic rings. The number of carbonyl (C=O) groups excluding carboxylic acids is 1. The molecule has 0 aromatic heterocycles. The fourth-order valence-electron chi connectivity index (χ4n) is 1.71. The van der Waals surface area contributed by atoms with E-state index >= 15 is 0 Å². The number of esters is 1. The van der Waals surface area contributed by atoms with E-state index in [0.29, 0.717) is 11.3 Å². The Kier molecular flexibility index (Phi) is 10.1. The summed E-state index contributed by atoms with van der Waals surface area (Å²) in [6, 6.07) is 14.2. The Morgan fingerprint density at radius 2 is 1.81 bits per heavy atom. The average Bonchev–Trinajstić information content (AvgIpc) is 2.68. The van der Waals surface area contributed by atoms with Crippen molar-refractivity contribution in [3.63, 3.8) is 0 Å². The van der Waals surface area contributed by atoms with E-state index in [1.165, 1.54) is 17.7 Å². The van der Waals surface area contributed by atoms with Crippen LogP contribution in [0.4, 0.5) is 11.4 Å². The number of azo groups is 1. The minimum Gasteiger partial charge on any atom is -0.459 e. The number of nitrogen functional groups attached to an aromatic ring is 1. The number of nitrogens with zero attached hydrogens (tertiary/aromatic N) is 2. The van der Waals surface area contributed by atoms with Gasteiger partial charge in [0.1, 0.15) is 12.7 Å². The Labute approximate surface area is 158 Å². The van der Waals surface area contributed by atoms with E-state index in [1.807, 2.05) is 44.2 Å². The minimum atomic E-state index is -1.04. The predicted molar refractivity (Wildman–Crippen MR) is 105 cm³/mol. The van der Waals surface area contributed by atoms with Crippen molar-refractivity contribution in [2.24, 2.45) is 10.2 Å². The summed E-state index contributed by atoms with van der Waals surface area (Å²) in [6.45, 7) is 3.30. The fraction of sp³-hybridized carbons (Fsp3) is 0.250. The van der Waals surface area contributed by atoms with Gasteiger partial charge in [-0.3, -0.25) is 0 Å². The lowest BCUT2D eigenvalue weighted by atomic mass is 10.2. The first-order valence-corrected chi connectivity index (χ1v) is 8.36. The van der Waals surface area contributed by atoms with E-state index in [0.717, 1.165) is 5.69 Å². The van der Waals surface area contributed by atoms with E-state index in [1.54, 1.807) is 18.3 Å². The number of rotatable bonds is 6. The molecule has 0 aliphatic heterocycles. The molecule has 0 saturated heterocycles. The Balaban J connectivity index is 0.000000277. The highest BCUT2D eigenvalue weighted by molar-refractivity contribution is 5.89. The summed E-state index contributed by atoms with van der Waals surface area (Å²) in [4.78, 5) is 11.3. The van der Waals surface area contributed by atoms with Gasteiger partial charge in [-0.15, -0.1) is 0 Å². The van der Waals surface area contributed by atoms with Crippen LogP contribution in [0.1, 0.15) is 22.8 Å². The minimum absolute atomic E-state index is 0.223. The zero-order valence-corrected chi connectivity index (χ0v) is 15.4. The molecule has 0 bridgehead atoms. The summed E-state index contributed by atoms with van der Waals surface area (Å²) in [6.07, 6.45) is 2.47. The molecule has 4 N–H and O–H groups in total. The maximum absolute atomic E-state index is 11.3. The van der Waals surface area contributed by atoms with Crippen LogP contribution >= 0.6 is 0 Å². The van der Waals surface area contributed by atoms with Crippen molar-refractivity contribution >= 4 is 17.3 Å². The molecule has 0 spiro atoms. The van der Waals surface area contributed by atoms with Gasteiger partial charge in [0.05, 0.1) is 17.9 Å². The van der Waals surface area contributed by atoms with Crippen molar-refractivity contribution in [2.75, 3.05) is 18.9 Å². The summed E-state index contributed by atoms with van der Waals surface area (Å²) < 4.78 is 4.73. The lowest BCUT2D eigenvalue weighted by Gasteiger charge is -2.08. The third-order valence-corrected chi connectivity index (χ3v) is 3.19. The van der Waals surface area contributed by atoms with Crippen LogP contribution in [0.15, 0.2) is 71.0 Å². The van der Waals surface area contributed by atoms with Gasteiger partial charge in [-0.2, -0.15) is 10.2 Å². The van der Waals surface area contributed by atoms with Gasteiger partial charge in [0.15, 0.2) is 0 Å². The Morgan fingerprint density at radius 3 is 2.37 bits per heavy atom. The van der Waals surface area contributed by atoms with Crippen LogP contribution < -0.4 is 5.73 Å². The SMILES string of the molecule is C/C=C/N=Nc1ccc(C)cc1.Nc1ccc(C(=O)OCC(O)CO)cc1. The largest absolute Gasteiger partial charge is 0.459 e. The number of ether oxygens (including phenoxy) is 1. The summed E-state index contributed by atoms with van der Waals surface area (Å²) >= 11 is 0. The molecule has 0 saturated carbocycles. The number of aliphatic hydroxyl groups is 2. The van der Waals surface area contributed by atoms with Gasteiger partial charge in [-0.05, 0) is 50.2 Å². The Hall–Kier alpha value is -3.03. The van der Waals surface area contributed by atoms with Gasteiger partial charge < -0.3 is 20.7 Å². The number of anilines is 1. The molecule has 0 heterocycles. The normalized spacial score (nSPS) is 11.9. The number of hydrogen-bond acceptors (Lipinski definition) is 7. The van der Waals surface area contributed by atoms with E-state index < -0.39 is 18.7 Å². The molecule has 1 unspecified atom stereocenters. The number of aryl methyl sites for hydroxylation is 1. The van der Waals surface area contributed by atoms with Crippen molar-refractivity contribution in [3.05, 3.63) is 71.9 Å². The number of allylic oxidation sites excluding steroid dienone is 1. The topological polar surface area (TPSA) is 118 Å². The van der Waals surface area contributed by atoms with Crippen molar-refractivity contribution in [3.8, 4) is 0 Å². The number of nitrogens with two attached hydrogens (primary N) is 1. The van der Waals surface area contributed by atoms with Gasteiger partial charge in [0.2, 0.25) is 0 Å². The van der Waals surface area contributed by atoms with Crippen molar-refractivity contribution in [2.45, 2.75) is 20.0 Å². The van der Waals surface area contributed by atoms with Crippen LogP contribution in [-0.2, 0) is 4.74 Å². The quantitative estimate of drug-likeness (QED) is 0.409. The highest BCUT2D eigenvalue weighted by Gasteiger charge is 2.09. The van der Waals surface area contributed by atoms with Crippen molar-refractivity contribution in [1.29, 1.82) is 0 Å². The van der Waals surface area contributed by atoms with E-state index in [2.05, 4.69) is 10.2 Å². The standard InChI is InChI=1S/C10H12N2.C10H13NO4/c1-3-8-11-12-10-6-4-9(2)5-7-10;11-8-3-1-7(2-4-8)10(14)15-6-9(13)5-12/h3-8H,1-2H3;1-4,9,12-13H,5-6,11H2/b8-3+,12-11?;. The van der Waals surface area contributed by atoms with Crippen LogP contribution in [-0.4, -0.2) is 35.5 Å². The third-order valence-electron chi connectivity index (χ3n) is 3.19. The van der Waals surface area contributed by atoms with Gasteiger partial charge in [-0.1, -0.05) is 23.8 Å². The maximum Gasteiger partial charge on any atom is 0.338 e. The molecule has 144 valence electrons. The van der Waals surface area contributed by atoms with Crippen LogP contribution in [0.2, 0.25) is 0 Å². The van der Waals surface area contributed by atoms with E-state index in [-0.39, 0.29) is 6.61 Å². The van der Waals surface area contributed by atoms with Crippen molar-refractivity contribution < 1.29 is 19.7 Å². The molecule has 7 heteroatoms. The number of carbonyl (C=O) groups is 1. The Morgan fingerprint density at radius 1 is 1.19 bits per heavy atom. The number of aliphatic hydroxyl groups excluding tert-OH is 2. The molecule has 1 atom stereocenters. The van der Waals surface area contributed by atoms with E-state index in [4.69, 9.17) is 20.7 Å². The maximum atomic E-state index is 11.3. The second-order valence-electron chi connectivity index (χ2n) is 5.59.